The second-order valence-corrected chi connectivity index (χ2v) is 7.32. The van der Waals surface area contributed by atoms with Crippen LogP contribution in [0.4, 0.5) is 5.69 Å². The summed E-state index contributed by atoms with van der Waals surface area (Å²) in [6, 6.07) is 10.3. The average Bonchev–Trinajstić information content (AvgIpc) is 3.37. The van der Waals surface area contributed by atoms with E-state index in [4.69, 9.17) is 0 Å². The van der Waals surface area contributed by atoms with Gasteiger partial charge in [0.2, 0.25) is 5.91 Å². The van der Waals surface area contributed by atoms with Gasteiger partial charge in [-0.2, -0.15) is 0 Å². The van der Waals surface area contributed by atoms with E-state index < -0.39 is 0 Å². The summed E-state index contributed by atoms with van der Waals surface area (Å²) >= 11 is 0. The number of fused-ring (bicyclic) bond motifs is 1. The maximum Gasteiger partial charge on any atom is 0.249 e. The molecule has 132 valence electrons. The summed E-state index contributed by atoms with van der Waals surface area (Å²) in [6.45, 7) is 0.222. The summed E-state index contributed by atoms with van der Waals surface area (Å²) in [5, 5.41) is 9.44. The van der Waals surface area contributed by atoms with Gasteiger partial charge in [-0.05, 0) is 44.2 Å². The van der Waals surface area contributed by atoms with Crippen LogP contribution in [0.5, 0.6) is 0 Å². The first kappa shape index (κ1) is 15.5. The SMILES string of the molecule is O=C(Cn1cc(C2CC2)nn1)N(c1cccc2cccnc12)C1CCC1. The lowest BCUT2D eigenvalue weighted by atomic mass is 9.90. The van der Waals surface area contributed by atoms with E-state index >= 15 is 0 Å². The summed E-state index contributed by atoms with van der Waals surface area (Å²) < 4.78 is 1.68. The third kappa shape index (κ3) is 2.75. The van der Waals surface area contributed by atoms with E-state index in [2.05, 4.69) is 15.3 Å². The van der Waals surface area contributed by atoms with Gasteiger partial charge in [-0.25, -0.2) is 4.68 Å². The Hall–Kier alpha value is -2.76. The maximum absolute atomic E-state index is 13.2. The molecule has 0 radical (unpaired) electrons. The van der Waals surface area contributed by atoms with Gasteiger partial charge in [0.05, 0.1) is 16.9 Å². The smallest absolute Gasteiger partial charge is 0.249 e. The summed E-state index contributed by atoms with van der Waals surface area (Å²) in [7, 11) is 0. The number of pyridine rings is 1. The van der Waals surface area contributed by atoms with Crippen molar-refractivity contribution in [3.05, 3.63) is 48.4 Å². The van der Waals surface area contributed by atoms with Crippen LogP contribution in [0.1, 0.15) is 43.7 Å². The minimum absolute atomic E-state index is 0.0556. The fourth-order valence-electron chi connectivity index (χ4n) is 3.63. The third-order valence-corrected chi connectivity index (χ3v) is 5.43. The number of carbonyl (C=O) groups is 1. The van der Waals surface area contributed by atoms with E-state index in [-0.39, 0.29) is 18.5 Å². The highest BCUT2D eigenvalue weighted by Gasteiger charge is 2.32. The monoisotopic (exact) mass is 347 g/mol. The Morgan fingerprint density at radius 1 is 1.15 bits per heavy atom. The van der Waals surface area contributed by atoms with Crippen LogP contribution >= 0.6 is 0 Å². The molecule has 2 saturated carbocycles. The molecule has 0 saturated heterocycles. The molecular formula is C20H21N5O. The van der Waals surface area contributed by atoms with Crippen molar-refractivity contribution in [1.82, 2.24) is 20.0 Å². The lowest BCUT2D eigenvalue weighted by Crippen LogP contribution is -2.46. The van der Waals surface area contributed by atoms with Gasteiger partial charge < -0.3 is 4.90 Å². The minimum atomic E-state index is 0.0556. The van der Waals surface area contributed by atoms with Gasteiger partial charge in [-0.15, -0.1) is 5.10 Å². The van der Waals surface area contributed by atoms with Crippen molar-refractivity contribution in [1.29, 1.82) is 0 Å². The molecule has 2 aliphatic rings. The van der Waals surface area contributed by atoms with Gasteiger partial charge in [0.15, 0.2) is 0 Å². The summed E-state index contributed by atoms with van der Waals surface area (Å²) in [5.74, 6) is 0.601. The highest BCUT2D eigenvalue weighted by atomic mass is 16.2. The summed E-state index contributed by atoms with van der Waals surface area (Å²) in [4.78, 5) is 19.7. The zero-order chi connectivity index (χ0) is 17.5. The Morgan fingerprint density at radius 3 is 2.77 bits per heavy atom. The lowest BCUT2D eigenvalue weighted by molar-refractivity contribution is -0.120. The van der Waals surface area contributed by atoms with Crippen molar-refractivity contribution < 1.29 is 4.79 Å². The first-order valence-electron chi connectivity index (χ1n) is 9.35. The van der Waals surface area contributed by atoms with Gasteiger partial charge in [-0.1, -0.05) is 23.4 Å². The number of para-hydroxylation sites is 1. The highest BCUT2D eigenvalue weighted by molar-refractivity contribution is 6.02. The van der Waals surface area contributed by atoms with Crippen LogP contribution < -0.4 is 4.90 Å². The fraction of sp³-hybridized carbons (Fsp3) is 0.400. The van der Waals surface area contributed by atoms with E-state index in [0.717, 1.165) is 35.1 Å². The van der Waals surface area contributed by atoms with Crippen molar-refractivity contribution >= 4 is 22.5 Å². The average molecular weight is 347 g/mol. The van der Waals surface area contributed by atoms with Crippen LogP contribution in [0.3, 0.4) is 0 Å². The molecule has 5 rings (SSSR count). The lowest BCUT2D eigenvalue weighted by Gasteiger charge is -2.37. The van der Waals surface area contributed by atoms with E-state index in [1.54, 1.807) is 10.9 Å². The molecule has 0 spiro atoms. The molecular weight excluding hydrogens is 326 g/mol. The number of carbonyl (C=O) groups excluding carboxylic acids is 1. The van der Waals surface area contributed by atoms with E-state index in [9.17, 15) is 4.79 Å². The van der Waals surface area contributed by atoms with E-state index in [1.165, 1.54) is 19.3 Å². The number of amides is 1. The highest BCUT2D eigenvalue weighted by Crippen LogP contribution is 2.38. The van der Waals surface area contributed by atoms with Crippen molar-refractivity contribution in [3.63, 3.8) is 0 Å². The number of hydrogen-bond acceptors (Lipinski definition) is 4. The number of benzene rings is 1. The van der Waals surface area contributed by atoms with Gasteiger partial charge in [-0.3, -0.25) is 9.78 Å². The van der Waals surface area contributed by atoms with E-state index in [1.807, 2.05) is 41.4 Å². The Balaban J connectivity index is 1.47. The first-order chi connectivity index (χ1) is 12.8. The molecule has 0 unspecified atom stereocenters. The van der Waals surface area contributed by atoms with Gasteiger partial charge >= 0.3 is 0 Å². The van der Waals surface area contributed by atoms with Gasteiger partial charge in [0, 0.05) is 29.7 Å². The quantitative estimate of drug-likeness (QED) is 0.710. The largest absolute Gasteiger partial charge is 0.306 e. The zero-order valence-corrected chi connectivity index (χ0v) is 14.6. The van der Waals surface area contributed by atoms with Crippen LogP contribution in [0.25, 0.3) is 10.9 Å². The molecule has 1 aromatic carbocycles. The minimum Gasteiger partial charge on any atom is -0.306 e. The molecule has 6 heteroatoms. The van der Waals surface area contributed by atoms with Crippen LogP contribution in [-0.2, 0) is 11.3 Å². The van der Waals surface area contributed by atoms with E-state index in [0.29, 0.717) is 5.92 Å². The molecule has 26 heavy (non-hydrogen) atoms. The van der Waals surface area contributed by atoms with Crippen LogP contribution in [0.2, 0.25) is 0 Å². The topological polar surface area (TPSA) is 63.9 Å². The number of hydrogen-bond donors (Lipinski definition) is 0. The zero-order valence-electron chi connectivity index (χ0n) is 14.6. The second kappa shape index (κ2) is 6.20. The standard InChI is InChI=1S/C20H21N5O/c26-19(13-24-12-17(22-23-24)14-9-10-14)25(16-6-2-7-16)18-8-1-4-15-5-3-11-21-20(15)18/h1,3-5,8,11-12,14,16H,2,6-7,9-10,13H2. The van der Waals surface area contributed by atoms with Crippen molar-refractivity contribution in [3.8, 4) is 0 Å². The third-order valence-electron chi connectivity index (χ3n) is 5.43. The molecule has 0 N–H and O–H groups in total. The van der Waals surface area contributed by atoms with Crippen molar-refractivity contribution in [2.75, 3.05) is 4.90 Å². The predicted molar refractivity (Wildman–Crippen MR) is 98.9 cm³/mol. The molecule has 6 nitrogen and oxygen atoms in total. The van der Waals surface area contributed by atoms with Crippen LogP contribution in [0, 0.1) is 0 Å². The first-order valence-corrected chi connectivity index (χ1v) is 9.35. The molecule has 0 aliphatic heterocycles. The van der Waals surface area contributed by atoms with Crippen LogP contribution in [-0.4, -0.2) is 31.9 Å². The molecule has 2 aromatic heterocycles. The molecule has 0 atom stereocenters. The summed E-state index contributed by atoms with van der Waals surface area (Å²) in [5.41, 5.74) is 2.80. The van der Waals surface area contributed by atoms with Gasteiger partial charge in [0.25, 0.3) is 0 Å². The Labute approximate surface area is 151 Å². The molecule has 0 bridgehead atoms. The second-order valence-electron chi connectivity index (χ2n) is 7.32. The molecule has 2 heterocycles. The maximum atomic E-state index is 13.2. The molecule has 2 fully saturated rings. The fourth-order valence-corrected chi connectivity index (χ4v) is 3.63. The normalized spacial score (nSPS) is 17.2. The number of rotatable bonds is 5. The Morgan fingerprint density at radius 2 is 2.00 bits per heavy atom. The van der Waals surface area contributed by atoms with Gasteiger partial charge in [0.1, 0.15) is 6.54 Å². The predicted octanol–water partition coefficient (Wildman–Crippen LogP) is 3.29. The molecule has 3 aromatic rings. The summed E-state index contributed by atoms with van der Waals surface area (Å²) in [6.07, 6.45) is 9.33. The number of anilines is 1. The number of aromatic nitrogens is 4. The molecule has 1 amide bonds. The molecule has 2 aliphatic carbocycles. The van der Waals surface area contributed by atoms with Crippen molar-refractivity contribution in [2.24, 2.45) is 0 Å². The number of nitrogens with zero attached hydrogens (tertiary/aromatic N) is 5. The Bertz CT molecular complexity index is 952. The van der Waals surface area contributed by atoms with Crippen LogP contribution in [0.15, 0.2) is 42.7 Å². The van der Waals surface area contributed by atoms with Crippen molar-refractivity contribution in [2.45, 2.75) is 50.6 Å². The Kier molecular flexibility index (Phi) is 3.69.